The molecule has 0 saturated heterocycles. The molecule has 2 aromatic carbocycles. The van der Waals surface area contributed by atoms with Gasteiger partial charge in [0, 0.05) is 29.3 Å². The van der Waals surface area contributed by atoms with Gasteiger partial charge in [0.1, 0.15) is 11.7 Å². The molecule has 29 heavy (non-hydrogen) atoms. The molecule has 0 fully saturated rings. The molecule has 1 heterocycles. The highest BCUT2D eigenvalue weighted by molar-refractivity contribution is 6.09. The average molecular weight is 389 g/mol. The van der Waals surface area contributed by atoms with Gasteiger partial charge in [0.25, 0.3) is 0 Å². The monoisotopic (exact) mass is 389 g/mol. The molecule has 0 aromatic heterocycles. The van der Waals surface area contributed by atoms with E-state index in [2.05, 4.69) is 0 Å². The maximum Gasteiger partial charge on any atom is 0.315 e. The van der Waals surface area contributed by atoms with Crippen molar-refractivity contribution in [3.05, 3.63) is 77.0 Å². The van der Waals surface area contributed by atoms with Crippen LogP contribution >= 0.6 is 0 Å². The van der Waals surface area contributed by atoms with E-state index in [0.717, 1.165) is 11.3 Å². The third kappa shape index (κ3) is 3.48. The first kappa shape index (κ1) is 19.1. The van der Waals surface area contributed by atoms with Gasteiger partial charge in [-0.25, -0.2) is 0 Å². The minimum Gasteiger partial charge on any atom is -0.508 e. The van der Waals surface area contributed by atoms with Gasteiger partial charge < -0.3 is 9.84 Å². The molecule has 5 heteroatoms. The third-order valence-electron chi connectivity index (χ3n) is 5.84. The first-order chi connectivity index (χ1) is 14.0. The van der Waals surface area contributed by atoms with Gasteiger partial charge in [-0.15, -0.1) is 0 Å². The summed E-state index contributed by atoms with van der Waals surface area (Å²) in [6.07, 6.45) is 1.02. The van der Waals surface area contributed by atoms with Crippen molar-refractivity contribution < 1.29 is 19.4 Å². The second kappa shape index (κ2) is 7.66. The minimum atomic E-state index is -0.683. The number of benzene rings is 2. The smallest absolute Gasteiger partial charge is 0.315 e. The SMILES string of the molecule is COC(=O)C1C(C)=NC2=C(C(=O)C[C@H](c3ccccc3)C2)[C@@H]1c1cccc(O)c1. The van der Waals surface area contributed by atoms with Crippen molar-refractivity contribution in [3.63, 3.8) is 0 Å². The van der Waals surface area contributed by atoms with Crippen LogP contribution in [0.15, 0.2) is 70.9 Å². The van der Waals surface area contributed by atoms with Crippen molar-refractivity contribution in [2.75, 3.05) is 7.11 Å². The maximum absolute atomic E-state index is 13.3. The molecule has 1 unspecified atom stereocenters. The predicted molar refractivity (Wildman–Crippen MR) is 110 cm³/mol. The standard InChI is InChI=1S/C24H23NO4/c1-14-21(24(28)29-2)22(16-9-6-10-18(26)11-16)23-19(25-14)12-17(13-20(23)27)15-7-4-3-5-8-15/h3-11,17,21-22,26H,12-13H2,1-2H3/t17-,21?,22-/m1/s1. The summed E-state index contributed by atoms with van der Waals surface area (Å²) >= 11 is 0. The van der Waals surface area contributed by atoms with Gasteiger partial charge in [-0.1, -0.05) is 42.5 Å². The Kier molecular flexibility index (Phi) is 5.05. The van der Waals surface area contributed by atoms with Crippen LogP contribution in [0.5, 0.6) is 5.75 Å². The molecule has 1 aliphatic carbocycles. The van der Waals surface area contributed by atoms with Gasteiger partial charge in [-0.3, -0.25) is 14.6 Å². The van der Waals surface area contributed by atoms with Crippen molar-refractivity contribution in [1.29, 1.82) is 0 Å². The lowest BCUT2D eigenvalue weighted by Gasteiger charge is -2.36. The van der Waals surface area contributed by atoms with Crippen molar-refractivity contribution in [2.45, 2.75) is 31.6 Å². The highest BCUT2D eigenvalue weighted by Crippen LogP contribution is 2.47. The predicted octanol–water partition coefficient (Wildman–Crippen LogP) is 4.14. The summed E-state index contributed by atoms with van der Waals surface area (Å²) in [6, 6.07) is 16.7. The number of hydrogen-bond donors (Lipinski definition) is 1. The molecule has 2 aromatic rings. The summed E-state index contributed by atoms with van der Waals surface area (Å²) in [6.45, 7) is 1.80. The Balaban J connectivity index is 1.83. The van der Waals surface area contributed by atoms with Crippen molar-refractivity contribution in [3.8, 4) is 5.75 Å². The summed E-state index contributed by atoms with van der Waals surface area (Å²) < 4.78 is 5.03. The molecular formula is C24H23NO4. The van der Waals surface area contributed by atoms with Crippen LogP contribution < -0.4 is 0 Å². The van der Waals surface area contributed by atoms with Gasteiger partial charge in [0.15, 0.2) is 5.78 Å². The molecule has 2 aliphatic rings. The van der Waals surface area contributed by atoms with Gasteiger partial charge in [-0.05, 0) is 42.5 Å². The highest BCUT2D eigenvalue weighted by atomic mass is 16.5. The van der Waals surface area contributed by atoms with Crippen LogP contribution in [0.4, 0.5) is 0 Å². The number of aromatic hydroxyl groups is 1. The largest absolute Gasteiger partial charge is 0.508 e. The average Bonchev–Trinajstić information content (AvgIpc) is 2.72. The van der Waals surface area contributed by atoms with Gasteiger partial charge in [-0.2, -0.15) is 0 Å². The number of nitrogens with zero attached hydrogens (tertiary/aromatic N) is 1. The van der Waals surface area contributed by atoms with E-state index in [-0.39, 0.29) is 17.5 Å². The first-order valence-electron chi connectivity index (χ1n) is 9.72. The number of Topliss-reactive ketones (excluding diaryl/α,β-unsaturated/α-hetero) is 1. The van der Waals surface area contributed by atoms with Crippen LogP contribution in [-0.4, -0.2) is 29.7 Å². The molecule has 1 N–H and O–H groups in total. The number of carbonyl (C=O) groups excluding carboxylic acids is 2. The Morgan fingerprint density at radius 1 is 1.07 bits per heavy atom. The molecular weight excluding hydrogens is 366 g/mol. The third-order valence-corrected chi connectivity index (χ3v) is 5.84. The zero-order chi connectivity index (χ0) is 20.5. The van der Waals surface area contributed by atoms with E-state index in [1.807, 2.05) is 36.4 Å². The summed E-state index contributed by atoms with van der Waals surface area (Å²) in [7, 11) is 1.34. The number of phenols is 1. The fourth-order valence-corrected chi connectivity index (χ4v) is 4.53. The first-order valence-corrected chi connectivity index (χ1v) is 9.72. The number of methoxy groups -OCH3 is 1. The maximum atomic E-state index is 13.3. The lowest BCUT2D eigenvalue weighted by molar-refractivity contribution is -0.143. The number of carbonyl (C=O) groups is 2. The van der Waals surface area contributed by atoms with Gasteiger partial charge in [0.05, 0.1) is 7.11 Å². The van der Waals surface area contributed by atoms with Gasteiger partial charge in [0.2, 0.25) is 0 Å². The summed E-state index contributed by atoms with van der Waals surface area (Å²) in [4.78, 5) is 30.6. The number of ether oxygens (including phenoxy) is 1. The normalized spacial score (nSPS) is 24.0. The summed E-state index contributed by atoms with van der Waals surface area (Å²) in [5, 5.41) is 10.00. The Hall–Kier alpha value is -3.21. The molecule has 0 amide bonds. The topological polar surface area (TPSA) is 76.0 Å². The Morgan fingerprint density at radius 2 is 1.79 bits per heavy atom. The Labute approximate surface area is 169 Å². The van der Waals surface area contributed by atoms with E-state index in [1.165, 1.54) is 7.11 Å². The zero-order valence-electron chi connectivity index (χ0n) is 16.5. The number of rotatable bonds is 3. The second-order valence-corrected chi connectivity index (χ2v) is 7.63. The number of aliphatic imine (C=N–C) groups is 1. The number of esters is 1. The number of ketones is 1. The number of allylic oxidation sites excluding steroid dienone is 2. The fraction of sp³-hybridized carbons (Fsp3) is 0.292. The molecule has 5 nitrogen and oxygen atoms in total. The molecule has 0 saturated carbocycles. The van der Waals surface area contributed by atoms with Gasteiger partial charge >= 0.3 is 5.97 Å². The van der Waals surface area contributed by atoms with E-state index in [9.17, 15) is 14.7 Å². The van der Waals surface area contributed by atoms with E-state index < -0.39 is 17.8 Å². The molecule has 4 rings (SSSR count). The molecule has 148 valence electrons. The lowest BCUT2D eigenvalue weighted by Crippen LogP contribution is -2.37. The molecule has 0 bridgehead atoms. The van der Waals surface area contributed by atoms with Crippen LogP contribution in [0.2, 0.25) is 0 Å². The van der Waals surface area contributed by atoms with Crippen LogP contribution in [-0.2, 0) is 14.3 Å². The zero-order valence-corrected chi connectivity index (χ0v) is 16.5. The quantitative estimate of drug-likeness (QED) is 0.801. The van der Waals surface area contributed by atoms with E-state index in [0.29, 0.717) is 29.7 Å². The molecule has 0 spiro atoms. The fourth-order valence-electron chi connectivity index (χ4n) is 4.53. The summed E-state index contributed by atoms with van der Waals surface area (Å²) in [5.74, 6) is -1.45. The van der Waals surface area contributed by atoms with Crippen LogP contribution in [0.1, 0.15) is 42.7 Å². The Bertz CT molecular complexity index is 1020. The van der Waals surface area contributed by atoms with E-state index in [1.54, 1.807) is 25.1 Å². The number of hydrogen-bond acceptors (Lipinski definition) is 5. The van der Waals surface area contributed by atoms with Crippen LogP contribution in [0, 0.1) is 5.92 Å². The molecule has 3 atom stereocenters. The number of phenolic OH excluding ortho intramolecular Hbond substituents is 1. The van der Waals surface area contributed by atoms with Crippen LogP contribution in [0.3, 0.4) is 0 Å². The van der Waals surface area contributed by atoms with Crippen LogP contribution in [0.25, 0.3) is 0 Å². The second-order valence-electron chi connectivity index (χ2n) is 7.63. The summed E-state index contributed by atoms with van der Waals surface area (Å²) in [5.41, 5.74) is 3.77. The van der Waals surface area contributed by atoms with Crippen molar-refractivity contribution in [1.82, 2.24) is 0 Å². The Morgan fingerprint density at radius 3 is 2.48 bits per heavy atom. The van der Waals surface area contributed by atoms with E-state index in [4.69, 9.17) is 9.73 Å². The molecule has 0 radical (unpaired) electrons. The highest BCUT2D eigenvalue weighted by Gasteiger charge is 2.44. The molecule has 1 aliphatic heterocycles. The van der Waals surface area contributed by atoms with Crippen molar-refractivity contribution in [2.24, 2.45) is 10.9 Å². The minimum absolute atomic E-state index is 0.00130. The lowest BCUT2D eigenvalue weighted by atomic mass is 9.69. The van der Waals surface area contributed by atoms with Crippen molar-refractivity contribution >= 4 is 17.5 Å². The van der Waals surface area contributed by atoms with E-state index >= 15 is 0 Å².